The molecular weight excluding hydrogens is 160 g/mol. The van der Waals surface area contributed by atoms with Crippen LogP contribution in [0.3, 0.4) is 0 Å². The first-order chi connectivity index (χ1) is 5.33. The molecule has 0 fully saturated rings. The van der Waals surface area contributed by atoms with Crippen LogP contribution in [0.15, 0.2) is 22.1 Å². The van der Waals surface area contributed by atoms with Gasteiger partial charge in [0, 0.05) is 11.8 Å². The van der Waals surface area contributed by atoms with E-state index < -0.39 is 0 Å². The Hall–Kier alpha value is -0.480. The van der Waals surface area contributed by atoms with E-state index in [2.05, 4.69) is 11.9 Å². The monoisotopic (exact) mass is 172 g/mol. The van der Waals surface area contributed by atoms with Crippen molar-refractivity contribution < 1.29 is 4.42 Å². The van der Waals surface area contributed by atoms with Crippen molar-refractivity contribution in [3.05, 3.63) is 12.5 Å². The maximum Gasteiger partial charge on any atom is 0.255 e. The Balaban J connectivity index is 2.23. The van der Waals surface area contributed by atoms with Crippen LogP contribution >= 0.6 is 11.8 Å². The number of hydrogen-bond donors (Lipinski definition) is 1. The van der Waals surface area contributed by atoms with Crippen LogP contribution in [0.1, 0.15) is 13.3 Å². The summed E-state index contributed by atoms with van der Waals surface area (Å²) in [5.74, 6) is 0.872. The summed E-state index contributed by atoms with van der Waals surface area (Å²) in [6.07, 6.45) is 4.20. The number of nitrogens with two attached hydrogens (primary N) is 1. The molecule has 0 amide bonds. The van der Waals surface area contributed by atoms with Crippen LogP contribution in [0, 0.1) is 0 Å². The smallest absolute Gasteiger partial charge is 0.255 e. The third kappa shape index (κ3) is 2.95. The van der Waals surface area contributed by atoms with E-state index in [0.717, 1.165) is 12.2 Å². The van der Waals surface area contributed by atoms with Crippen LogP contribution in [0.4, 0.5) is 0 Å². The highest BCUT2D eigenvalue weighted by Crippen LogP contribution is 2.15. The topological polar surface area (TPSA) is 52.0 Å². The van der Waals surface area contributed by atoms with Crippen molar-refractivity contribution in [3.63, 3.8) is 0 Å². The fraction of sp³-hybridized carbons (Fsp3) is 0.571. The summed E-state index contributed by atoms with van der Waals surface area (Å²) < 4.78 is 5.02. The zero-order chi connectivity index (χ0) is 8.10. The number of nitrogens with zero attached hydrogens (tertiary/aromatic N) is 1. The average molecular weight is 172 g/mol. The van der Waals surface area contributed by atoms with Crippen LogP contribution < -0.4 is 5.73 Å². The van der Waals surface area contributed by atoms with Gasteiger partial charge in [0.25, 0.3) is 5.22 Å². The van der Waals surface area contributed by atoms with E-state index in [4.69, 9.17) is 10.2 Å². The highest BCUT2D eigenvalue weighted by Gasteiger charge is 2.02. The molecule has 62 valence electrons. The van der Waals surface area contributed by atoms with E-state index in [-0.39, 0.29) is 6.04 Å². The van der Waals surface area contributed by atoms with Gasteiger partial charge in [0.15, 0.2) is 0 Å². The van der Waals surface area contributed by atoms with Crippen molar-refractivity contribution >= 4 is 11.8 Å². The molecule has 0 aliphatic rings. The third-order valence-electron chi connectivity index (χ3n) is 1.35. The Bertz CT molecular complexity index is 188. The molecule has 2 N–H and O–H groups in total. The average Bonchev–Trinajstić information content (AvgIpc) is 2.52. The van der Waals surface area contributed by atoms with E-state index in [0.29, 0.717) is 5.22 Å². The summed E-state index contributed by atoms with van der Waals surface area (Å²) >= 11 is 1.56. The molecule has 0 aliphatic heterocycles. The second-order valence-electron chi connectivity index (χ2n) is 2.28. The van der Waals surface area contributed by atoms with Gasteiger partial charge in [-0.25, -0.2) is 4.98 Å². The van der Waals surface area contributed by atoms with Crippen LogP contribution in [0.25, 0.3) is 0 Å². The Morgan fingerprint density at radius 3 is 3.18 bits per heavy atom. The fourth-order valence-electron chi connectivity index (χ4n) is 0.578. The van der Waals surface area contributed by atoms with E-state index >= 15 is 0 Å². The van der Waals surface area contributed by atoms with Crippen molar-refractivity contribution in [3.8, 4) is 0 Å². The van der Waals surface area contributed by atoms with Gasteiger partial charge < -0.3 is 10.2 Å². The van der Waals surface area contributed by atoms with E-state index in [9.17, 15) is 0 Å². The van der Waals surface area contributed by atoms with Crippen molar-refractivity contribution in [2.24, 2.45) is 5.73 Å². The van der Waals surface area contributed by atoms with E-state index in [1.165, 1.54) is 0 Å². The largest absolute Gasteiger partial charge is 0.440 e. The van der Waals surface area contributed by atoms with Gasteiger partial charge in [-0.3, -0.25) is 0 Å². The van der Waals surface area contributed by atoms with Crippen LogP contribution in [-0.2, 0) is 0 Å². The number of oxazole rings is 1. The van der Waals surface area contributed by atoms with Gasteiger partial charge in [-0.1, -0.05) is 18.7 Å². The second-order valence-corrected chi connectivity index (χ2v) is 3.25. The van der Waals surface area contributed by atoms with Gasteiger partial charge >= 0.3 is 0 Å². The molecule has 0 spiro atoms. The highest BCUT2D eigenvalue weighted by molar-refractivity contribution is 7.99. The van der Waals surface area contributed by atoms with Gasteiger partial charge in [-0.2, -0.15) is 0 Å². The molecule has 0 saturated heterocycles. The number of hydrogen-bond acceptors (Lipinski definition) is 4. The first-order valence-corrected chi connectivity index (χ1v) is 4.59. The molecule has 0 aromatic carbocycles. The molecule has 1 aromatic heterocycles. The van der Waals surface area contributed by atoms with Crippen LogP contribution in [0.2, 0.25) is 0 Å². The van der Waals surface area contributed by atoms with Gasteiger partial charge in [-0.05, 0) is 6.42 Å². The zero-order valence-electron chi connectivity index (χ0n) is 6.49. The maximum absolute atomic E-state index is 5.70. The molecule has 1 unspecified atom stereocenters. The molecule has 0 saturated carbocycles. The predicted molar refractivity (Wildman–Crippen MR) is 45.5 cm³/mol. The van der Waals surface area contributed by atoms with Crippen LogP contribution in [-0.4, -0.2) is 16.8 Å². The minimum Gasteiger partial charge on any atom is -0.440 e. The Kier molecular flexibility index (Phi) is 3.45. The lowest BCUT2D eigenvalue weighted by Crippen LogP contribution is -2.21. The SMILES string of the molecule is CCC(N)CSc1ncco1. The summed E-state index contributed by atoms with van der Waals surface area (Å²) in [6.45, 7) is 2.07. The van der Waals surface area contributed by atoms with E-state index in [1.807, 2.05) is 0 Å². The van der Waals surface area contributed by atoms with Gasteiger partial charge in [0.2, 0.25) is 0 Å². The van der Waals surface area contributed by atoms with Gasteiger partial charge in [0.05, 0.1) is 6.20 Å². The van der Waals surface area contributed by atoms with Crippen LogP contribution in [0.5, 0.6) is 0 Å². The minimum atomic E-state index is 0.242. The summed E-state index contributed by atoms with van der Waals surface area (Å²) in [4.78, 5) is 3.96. The molecule has 1 atom stereocenters. The summed E-state index contributed by atoms with van der Waals surface area (Å²) in [5.41, 5.74) is 5.70. The standard InChI is InChI=1S/C7H12N2OS/c1-2-6(8)5-11-7-9-3-4-10-7/h3-4,6H,2,5,8H2,1H3. The summed E-state index contributed by atoms with van der Waals surface area (Å²) in [7, 11) is 0. The number of aromatic nitrogens is 1. The van der Waals surface area contributed by atoms with Crippen molar-refractivity contribution in [1.29, 1.82) is 0 Å². The second kappa shape index (κ2) is 4.41. The third-order valence-corrected chi connectivity index (χ3v) is 2.40. The molecule has 0 radical (unpaired) electrons. The molecule has 1 rings (SSSR count). The lowest BCUT2D eigenvalue weighted by Gasteiger charge is -2.04. The van der Waals surface area contributed by atoms with Crippen molar-refractivity contribution in [2.45, 2.75) is 24.6 Å². The van der Waals surface area contributed by atoms with Crippen molar-refractivity contribution in [2.75, 3.05) is 5.75 Å². The first-order valence-electron chi connectivity index (χ1n) is 3.60. The molecule has 4 heteroatoms. The number of thioether (sulfide) groups is 1. The van der Waals surface area contributed by atoms with Crippen molar-refractivity contribution in [1.82, 2.24) is 4.98 Å². The zero-order valence-corrected chi connectivity index (χ0v) is 7.30. The van der Waals surface area contributed by atoms with Gasteiger partial charge in [0.1, 0.15) is 6.26 Å². The first kappa shape index (κ1) is 8.62. The predicted octanol–water partition coefficient (Wildman–Crippen LogP) is 1.50. The quantitative estimate of drug-likeness (QED) is 0.699. The lowest BCUT2D eigenvalue weighted by molar-refractivity contribution is 0.453. The normalized spacial score (nSPS) is 13.3. The Morgan fingerprint density at radius 1 is 1.82 bits per heavy atom. The Labute approximate surface area is 70.4 Å². The molecule has 3 nitrogen and oxygen atoms in total. The Morgan fingerprint density at radius 2 is 2.64 bits per heavy atom. The maximum atomic E-state index is 5.70. The summed E-state index contributed by atoms with van der Waals surface area (Å²) in [6, 6.07) is 0.242. The lowest BCUT2D eigenvalue weighted by atomic mass is 10.3. The minimum absolute atomic E-state index is 0.242. The molecule has 0 aliphatic carbocycles. The molecule has 0 bridgehead atoms. The van der Waals surface area contributed by atoms with Gasteiger partial charge in [-0.15, -0.1) is 0 Å². The molecule has 11 heavy (non-hydrogen) atoms. The molecular formula is C7H12N2OS. The summed E-state index contributed by atoms with van der Waals surface area (Å²) in [5, 5.41) is 0.703. The number of rotatable bonds is 4. The molecule has 1 aromatic rings. The molecule has 1 heterocycles. The van der Waals surface area contributed by atoms with E-state index in [1.54, 1.807) is 24.2 Å². The highest BCUT2D eigenvalue weighted by atomic mass is 32.2. The fourth-order valence-corrected chi connectivity index (χ4v) is 1.43.